The number of hydrogen-bond donors (Lipinski definition) is 0. The maximum Gasteiger partial charge on any atom is 0.417 e. The van der Waals surface area contributed by atoms with Crippen LogP contribution in [-0.2, 0) is 17.4 Å². The second-order valence-electron chi connectivity index (χ2n) is 7.10. The van der Waals surface area contributed by atoms with Crippen molar-refractivity contribution < 1.29 is 36.9 Å². The molecular weight excluding hydrogens is 455 g/mol. The minimum atomic E-state index is -4.46. The normalized spacial score (nSPS) is 11.2. The number of alkyl halides is 3. The van der Waals surface area contributed by atoms with Gasteiger partial charge in [0, 0.05) is 30.9 Å². The molecule has 0 aliphatic rings. The van der Waals surface area contributed by atoms with E-state index in [1.165, 1.54) is 24.8 Å². The van der Waals surface area contributed by atoms with Gasteiger partial charge in [-0.2, -0.15) is 13.2 Å². The molecule has 0 amide bonds. The van der Waals surface area contributed by atoms with Gasteiger partial charge < -0.3 is 18.9 Å². The van der Waals surface area contributed by atoms with Crippen LogP contribution in [0.4, 0.5) is 13.2 Å². The Hall–Kier alpha value is -3.76. The van der Waals surface area contributed by atoms with E-state index in [0.717, 1.165) is 17.8 Å². The minimum Gasteiger partial charge on any atom is -0.493 e. The monoisotopic (exact) mass is 479 g/mol. The van der Waals surface area contributed by atoms with E-state index >= 15 is 0 Å². The van der Waals surface area contributed by atoms with Crippen LogP contribution in [0.15, 0.2) is 42.7 Å². The van der Waals surface area contributed by atoms with Crippen LogP contribution in [0.5, 0.6) is 23.1 Å². The number of esters is 1. The number of rotatable bonds is 10. The Balaban J connectivity index is 1.67. The first-order valence-electron chi connectivity index (χ1n) is 10.5. The molecule has 0 atom stereocenters. The summed E-state index contributed by atoms with van der Waals surface area (Å²) in [7, 11) is 1.51. The van der Waals surface area contributed by atoms with Crippen molar-refractivity contribution >= 4 is 5.97 Å². The first kappa shape index (κ1) is 24.9. The Morgan fingerprint density at radius 3 is 2.53 bits per heavy atom. The fourth-order valence-corrected chi connectivity index (χ4v) is 3.07. The number of halogens is 3. The van der Waals surface area contributed by atoms with E-state index in [0.29, 0.717) is 49.2 Å². The zero-order valence-electron chi connectivity index (χ0n) is 18.9. The molecule has 3 rings (SSSR count). The van der Waals surface area contributed by atoms with Gasteiger partial charge in [0.2, 0.25) is 5.88 Å². The van der Waals surface area contributed by atoms with Gasteiger partial charge in [-0.05, 0) is 44.0 Å². The van der Waals surface area contributed by atoms with Crippen molar-refractivity contribution in [2.45, 2.75) is 32.9 Å². The molecule has 0 saturated carbocycles. The van der Waals surface area contributed by atoms with Crippen molar-refractivity contribution in [2.24, 2.45) is 0 Å². The van der Waals surface area contributed by atoms with Gasteiger partial charge in [0.1, 0.15) is 5.75 Å². The number of benzene rings is 1. The zero-order chi connectivity index (χ0) is 24.7. The molecule has 2 aromatic heterocycles. The van der Waals surface area contributed by atoms with E-state index < -0.39 is 17.7 Å². The van der Waals surface area contributed by atoms with Gasteiger partial charge in [-0.15, -0.1) is 5.10 Å². The summed E-state index contributed by atoms with van der Waals surface area (Å²) in [6, 6.07) is 7.02. The number of carbonyl (C=O) groups is 1. The molecule has 0 aliphatic carbocycles. The molecule has 34 heavy (non-hydrogen) atoms. The van der Waals surface area contributed by atoms with Crippen molar-refractivity contribution in [2.75, 3.05) is 20.3 Å². The smallest absolute Gasteiger partial charge is 0.417 e. The van der Waals surface area contributed by atoms with Gasteiger partial charge in [0.05, 0.1) is 25.9 Å². The van der Waals surface area contributed by atoms with Gasteiger partial charge >= 0.3 is 12.1 Å². The molecule has 182 valence electrons. The molecule has 3 aromatic rings. The van der Waals surface area contributed by atoms with Gasteiger partial charge in [0.25, 0.3) is 0 Å². The zero-order valence-corrected chi connectivity index (χ0v) is 18.9. The van der Waals surface area contributed by atoms with Crippen molar-refractivity contribution in [3.8, 4) is 28.9 Å². The van der Waals surface area contributed by atoms with E-state index in [4.69, 9.17) is 18.9 Å². The van der Waals surface area contributed by atoms with Gasteiger partial charge in [-0.3, -0.25) is 4.79 Å². The van der Waals surface area contributed by atoms with Gasteiger partial charge in [0.15, 0.2) is 17.3 Å². The number of aryl methyl sites for hydroxylation is 1. The average molecular weight is 479 g/mol. The van der Waals surface area contributed by atoms with Crippen LogP contribution in [0.1, 0.15) is 31.4 Å². The summed E-state index contributed by atoms with van der Waals surface area (Å²) < 4.78 is 61.5. The highest BCUT2D eigenvalue weighted by atomic mass is 19.4. The van der Waals surface area contributed by atoms with E-state index in [2.05, 4.69) is 10.1 Å². The van der Waals surface area contributed by atoms with Crippen LogP contribution >= 0.6 is 0 Å². The molecule has 0 bridgehead atoms. The molecular formula is C23H24F3N3O5. The summed E-state index contributed by atoms with van der Waals surface area (Å²) in [4.78, 5) is 15.0. The largest absolute Gasteiger partial charge is 0.493 e. The van der Waals surface area contributed by atoms with Crippen LogP contribution in [0, 0.1) is 0 Å². The molecule has 0 radical (unpaired) electrons. The first-order chi connectivity index (χ1) is 16.2. The molecule has 1 aromatic carbocycles. The van der Waals surface area contributed by atoms with Crippen molar-refractivity contribution in [3.05, 3.63) is 53.9 Å². The Bertz CT molecular complexity index is 1110. The van der Waals surface area contributed by atoms with E-state index in [-0.39, 0.29) is 5.82 Å². The lowest BCUT2D eigenvalue weighted by Gasteiger charge is -2.12. The summed E-state index contributed by atoms with van der Waals surface area (Å²) in [5.74, 6) is 1.43. The van der Waals surface area contributed by atoms with Crippen LogP contribution in [0.3, 0.4) is 0 Å². The van der Waals surface area contributed by atoms with Crippen LogP contribution < -0.4 is 18.9 Å². The molecule has 0 spiro atoms. The predicted octanol–water partition coefficient (Wildman–Crippen LogP) is 4.63. The van der Waals surface area contributed by atoms with Crippen molar-refractivity contribution in [3.63, 3.8) is 0 Å². The molecule has 2 heterocycles. The van der Waals surface area contributed by atoms with Crippen LogP contribution in [0.2, 0.25) is 0 Å². The summed E-state index contributed by atoms with van der Waals surface area (Å²) in [6.45, 7) is 3.81. The second-order valence-corrected chi connectivity index (χ2v) is 7.10. The fourth-order valence-electron chi connectivity index (χ4n) is 3.07. The fraction of sp³-hybridized carbons (Fsp3) is 0.348. The standard InChI is InChI=1S/C23H24F3N3O5/c1-4-32-22-16(14-29(28-22)21-10-7-17(13-27-21)23(24,25)26)6-5-11-33-20-12-18(34-15(2)30)8-9-19(20)31-3/h7-10,12-14H,4-6,11H2,1-3H3. The Kier molecular flexibility index (Phi) is 7.98. The number of methoxy groups -OCH3 is 1. The highest BCUT2D eigenvalue weighted by Gasteiger charge is 2.30. The Morgan fingerprint density at radius 2 is 1.91 bits per heavy atom. The quantitative estimate of drug-likeness (QED) is 0.238. The second kappa shape index (κ2) is 10.9. The summed E-state index contributed by atoms with van der Waals surface area (Å²) in [5, 5.41) is 4.31. The minimum absolute atomic E-state index is 0.239. The first-order valence-corrected chi connectivity index (χ1v) is 10.5. The SMILES string of the molecule is CCOc1nn(-c2ccc(C(F)(F)F)cn2)cc1CCCOc1cc(OC(C)=O)ccc1OC. The molecule has 0 saturated heterocycles. The topological polar surface area (TPSA) is 84.7 Å². The number of pyridine rings is 1. The van der Waals surface area contributed by atoms with E-state index in [9.17, 15) is 18.0 Å². The molecule has 11 heteroatoms. The molecule has 8 nitrogen and oxygen atoms in total. The maximum absolute atomic E-state index is 12.8. The predicted molar refractivity (Wildman–Crippen MR) is 116 cm³/mol. The van der Waals surface area contributed by atoms with E-state index in [1.54, 1.807) is 24.4 Å². The highest BCUT2D eigenvalue weighted by Crippen LogP contribution is 2.32. The number of carbonyl (C=O) groups excluding carboxylic acids is 1. The third kappa shape index (κ3) is 6.40. The van der Waals surface area contributed by atoms with Gasteiger partial charge in [-0.1, -0.05) is 0 Å². The van der Waals surface area contributed by atoms with Crippen molar-refractivity contribution in [1.82, 2.24) is 14.8 Å². The number of hydrogen-bond acceptors (Lipinski definition) is 7. The number of ether oxygens (including phenoxy) is 4. The van der Waals surface area contributed by atoms with Crippen LogP contribution in [-0.4, -0.2) is 41.1 Å². The summed E-state index contributed by atoms with van der Waals surface area (Å²) in [6.07, 6.45) is -0.919. The molecule has 0 aliphatic heterocycles. The lowest BCUT2D eigenvalue weighted by atomic mass is 10.2. The lowest BCUT2D eigenvalue weighted by molar-refractivity contribution is -0.138. The average Bonchev–Trinajstić information content (AvgIpc) is 3.19. The Labute approximate surface area is 194 Å². The van der Waals surface area contributed by atoms with Crippen molar-refractivity contribution in [1.29, 1.82) is 0 Å². The molecule has 0 fully saturated rings. The molecule has 0 unspecified atom stereocenters. The number of aromatic nitrogens is 3. The third-order valence-corrected chi connectivity index (χ3v) is 4.59. The van der Waals surface area contributed by atoms with Crippen LogP contribution in [0.25, 0.3) is 5.82 Å². The van der Waals surface area contributed by atoms with E-state index in [1.807, 2.05) is 6.92 Å². The maximum atomic E-state index is 12.8. The van der Waals surface area contributed by atoms with Gasteiger partial charge in [-0.25, -0.2) is 9.67 Å². The highest BCUT2D eigenvalue weighted by molar-refractivity contribution is 5.69. The lowest BCUT2D eigenvalue weighted by Crippen LogP contribution is -2.07. The Morgan fingerprint density at radius 1 is 1.12 bits per heavy atom. The summed E-state index contributed by atoms with van der Waals surface area (Å²) in [5.41, 5.74) is -0.0770. The number of nitrogens with zero attached hydrogens (tertiary/aromatic N) is 3. The molecule has 0 N–H and O–H groups in total. The third-order valence-electron chi connectivity index (χ3n) is 4.59. The summed E-state index contributed by atoms with van der Waals surface area (Å²) >= 11 is 0.